The molecule has 0 radical (unpaired) electrons. The molecule has 1 aliphatic rings. The molecule has 0 aromatic carbocycles. The summed E-state index contributed by atoms with van der Waals surface area (Å²) in [5, 5.41) is 8.98. The van der Waals surface area contributed by atoms with E-state index >= 15 is 0 Å². The molecule has 0 amide bonds. The van der Waals surface area contributed by atoms with Gasteiger partial charge in [-0.15, -0.1) is 0 Å². The molecule has 0 bridgehead atoms. The van der Waals surface area contributed by atoms with Gasteiger partial charge in [0.15, 0.2) is 0 Å². The molecule has 1 saturated heterocycles. The average Bonchev–Trinajstić information content (AvgIpc) is 2.37. The van der Waals surface area contributed by atoms with Gasteiger partial charge in [0.05, 0.1) is 5.92 Å². The third-order valence-corrected chi connectivity index (χ3v) is 4.75. The van der Waals surface area contributed by atoms with Gasteiger partial charge in [-0.25, -0.2) is 0 Å². The summed E-state index contributed by atoms with van der Waals surface area (Å²) in [5.41, 5.74) is 0.441. The van der Waals surface area contributed by atoms with Crippen molar-refractivity contribution in [2.45, 2.75) is 52.9 Å². The lowest BCUT2D eigenvalue weighted by atomic mass is 9.79. The van der Waals surface area contributed by atoms with Crippen LogP contribution in [-0.2, 0) is 4.79 Å². The second kappa shape index (κ2) is 6.39. The maximum atomic E-state index is 10.9. The fraction of sp³-hybridized carbons (Fsp3) is 0.929. The summed E-state index contributed by atoms with van der Waals surface area (Å²) in [4.78, 5) is 13.4. The largest absolute Gasteiger partial charge is 0.481 e. The van der Waals surface area contributed by atoms with E-state index in [1.54, 1.807) is 0 Å². The van der Waals surface area contributed by atoms with E-state index in [9.17, 15) is 4.79 Å². The van der Waals surface area contributed by atoms with Crippen molar-refractivity contribution in [2.75, 3.05) is 19.6 Å². The standard InChI is InChI=1S/C14H27NO2/c1-4-14(5-2,6-3)11-15-9-7-12(8-10-15)13(16)17/h12H,4-11H2,1-3H3,(H,16,17). The molecule has 1 fully saturated rings. The fourth-order valence-corrected chi connectivity index (χ4v) is 2.90. The van der Waals surface area contributed by atoms with Crippen LogP contribution >= 0.6 is 0 Å². The minimum atomic E-state index is -0.614. The van der Waals surface area contributed by atoms with Crippen LogP contribution in [0.4, 0.5) is 0 Å². The highest BCUT2D eigenvalue weighted by molar-refractivity contribution is 5.70. The molecule has 3 heteroatoms. The zero-order chi connectivity index (χ0) is 12.9. The number of hydrogen-bond acceptors (Lipinski definition) is 2. The Kier molecular flexibility index (Phi) is 5.44. The van der Waals surface area contributed by atoms with Crippen molar-refractivity contribution < 1.29 is 9.90 Å². The molecule has 0 atom stereocenters. The first-order valence-corrected chi connectivity index (χ1v) is 7.02. The lowest BCUT2D eigenvalue weighted by molar-refractivity contribution is -0.143. The fourth-order valence-electron chi connectivity index (χ4n) is 2.90. The molecule has 0 saturated carbocycles. The maximum Gasteiger partial charge on any atom is 0.306 e. The highest BCUT2D eigenvalue weighted by atomic mass is 16.4. The van der Waals surface area contributed by atoms with Gasteiger partial charge < -0.3 is 10.0 Å². The number of aliphatic carboxylic acids is 1. The third-order valence-electron chi connectivity index (χ3n) is 4.75. The van der Waals surface area contributed by atoms with E-state index in [1.165, 1.54) is 19.3 Å². The number of nitrogens with zero attached hydrogens (tertiary/aromatic N) is 1. The van der Waals surface area contributed by atoms with E-state index in [1.807, 2.05) is 0 Å². The number of likely N-dealkylation sites (tertiary alicyclic amines) is 1. The van der Waals surface area contributed by atoms with Gasteiger partial charge in [-0.05, 0) is 50.6 Å². The highest BCUT2D eigenvalue weighted by Gasteiger charge is 2.30. The number of hydrogen-bond donors (Lipinski definition) is 1. The van der Waals surface area contributed by atoms with Gasteiger partial charge in [0.1, 0.15) is 0 Å². The summed E-state index contributed by atoms with van der Waals surface area (Å²) in [7, 11) is 0. The number of carboxylic acid groups (broad SMARTS) is 1. The van der Waals surface area contributed by atoms with Crippen molar-refractivity contribution in [1.82, 2.24) is 4.90 Å². The molecule has 1 heterocycles. The van der Waals surface area contributed by atoms with Gasteiger partial charge in [-0.2, -0.15) is 0 Å². The van der Waals surface area contributed by atoms with Crippen LogP contribution in [0.5, 0.6) is 0 Å². The van der Waals surface area contributed by atoms with Crippen molar-refractivity contribution in [3.05, 3.63) is 0 Å². The van der Waals surface area contributed by atoms with Crippen LogP contribution in [0, 0.1) is 11.3 Å². The van der Waals surface area contributed by atoms with Crippen LogP contribution < -0.4 is 0 Å². The van der Waals surface area contributed by atoms with E-state index < -0.39 is 5.97 Å². The minimum absolute atomic E-state index is 0.106. The molecule has 0 aromatic rings. The zero-order valence-electron chi connectivity index (χ0n) is 11.5. The van der Waals surface area contributed by atoms with Gasteiger partial charge in [0.25, 0.3) is 0 Å². The summed E-state index contributed by atoms with van der Waals surface area (Å²) in [6, 6.07) is 0. The van der Waals surface area contributed by atoms with Crippen molar-refractivity contribution in [3.63, 3.8) is 0 Å². The zero-order valence-corrected chi connectivity index (χ0v) is 11.5. The Morgan fingerprint density at radius 3 is 2.00 bits per heavy atom. The third kappa shape index (κ3) is 3.70. The molecule has 0 spiro atoms. The number of carbonyl (C=O) groups is 1. The van der Waals surface area contributed by atoms with E-state index in [2.05, 4.69) is 25.7 Å². The summed E-state index contributed by atoms with van der Waals surface area (Å²) in [6.07, 6.45) is 5.31. The van der Waals surface area contributed by atoms with Crippen molar-refractivity contribution >= 4 is 5.97 Å². The van der Waals surface area contributed by atoms with Crippen molar-refractivity contribution in [1.29, 1.82) is 0 Å². The lowest BCUT2D eigenvalue weighted by Gasteiger charge is -2.39. The molecular weight excluding hydrogens is 214 g/mol. The molecule has 1 rings (SSSR count). The Morgan fingerprint density at radius 1 is 1.18 bits per heavy atom. The highest BCUT2D eigenvalue weighted by Crippen LogP contribution is 2.32. The Morgan fingerprint density at radius 2 is 1.65 bits per heavy atom. The molecule has 0 aromatic heterocycles. The van der Waals surface area contributed by atoms with E-state index in [4.69, 9.17) is 5.11 Å². The van der Waals surface area contributed by atoms with Gasteiger partial charge in [0, 0.05) is 6.54 Å². The molecule has 1 aliphatic heterocycles. The predicted octanol–water partition coefficient (Wildman–Crippen LogP) is 3.00. The van der Waals surface area contributed by atoms with Gasteiger partial charge in [-0.3, -0.25) is 4.79 Å². The van der Waals surface area contributed by atoms with Crippen LogP contribution in [0.25, 0.3) is 0 Å². The van der Waals surface area contributed by atoms with E-state index in [0.717, 1.165) is 32.5 Å². The van der Waals surface area contributed by atoms with Crippen LogP contribution in [0.1, 0.15) is 52.9 Å². The Balaban J connectivity index is 2.46. The van der Waals surface area contributed by atoms with Crippen LogP contribution in [-0.4, -0.2) is 35.6 Å². The molecule has 3 nitrogen and oxygen atoms in total. The van der Waals surface area contributed by atoms with Crippen molar-refractivity contribution in [2.24, 2.45) is 11.3 Å². The quantitative estimate of drug-likeness (QED) is 0.777. The molecular formula is C14H27NO2. The predicted molar refractivity (Wildman–Crippen MR) is 70.1 cm³/mol. The lowest BCUT2D eigenvalue weighted by Crippen LogP contribution is -2.42. The second-order valence-electron chi connectivity index (χ2n) is 5.45. The van der Waals surface area contributed by atoms with Crippen molar-refractivity contribution in [3.8, 4) is 0 Å². The summed E-state index contributed by atoms with van der Waals surface area (Å²) in [5.74, 6) is -0.720. The molecule has 17 heavy (non-hydrogen) atoms. The Hall–Kier alpha value is -0.570. The normalized spacial score (nSPS) is 19.5. The topological polar surface area (TPSA) is 40.5 Å². The first kappa shape index (κ1) is 14.5. The number of carboxylic acids is 1. The van der Waals surface area contributed by atoms with Crippen LogP contribution in [0.15, 0.2) is 0 Å². The summed E-state index contributed by atoms with van der Waals surface area (Å²) < 4.78 is 0. The molecule has 0 unspecified atom stereocenters. The Labute approximate surface area is 105 Å². The number of piperidine rings is 1. The number of rotatable bonds is 6. The SMILES string of the molecule is CCC(CC)(CC)CN1CCC(C(=O)O)CC1. The monoisotopic (exact) mass is 241 g/mol. The first-order chi connectivity index (χ1) is 8.06. The van der Waals surface area contributed by atoms with Gasteiger partial charge in [0.2, 0.25) is 0 Å². The molecule has 1 N–H and O–H groups in total. The van der Waals surface area contributed by atoms with E-state index in [0.29, 0.717) is 5.41 Å². The minimum Gasteiger partial charge on any atom is -0.481 e. The Bertz CT molecular complexity index is 232. The smallest absolute Gasteiger partial charge is 0.306 e. The second-order valence-corrected chi connectivity index (χ2v) is 5.45. The maximum absolute atomic E-state index is 10.9. The van der Waals surface area contributed by atoms with Gasteiger partial charge in [-0.1, -0.05) is 20.8 Å². The van der Waals surface area contributed by atoms with E-state index in [-0.39, 0.29) is 5.92 Å². The molecule has 0 aliphatic carbocycles. The average molecular weight is 241 g/mol. The van der Waals surface area contributed by atoms with Crippen LogP contribution in [0.3, 0.4) is 0 Å². The van der Waals surface area contributed by atoms with Crippen LogP contribution in [0.2, 0.25) is 0 Å². The first-order valence-electron chi connectivity index (χ1n) is 7.02. The van der Waals surface area contributed by atoms with Gasteiger partial charge >= 0.3 is 5.97 Å². The molecule has 100 valence electrons. The summed E-state index contributed by atoms with van der Waals surface area (Å²) in [6.45, 7) is 9.88. The summed E-state index contributed by atoms with van der Waals surface area (Å²) >= 11 is 0.